The van der Waals surface area contributed by atoms with E-state index in [0.717, 1.165) is 11.1 Å². The number of nitro groups is 2. The normalized spacial score (nSPS) is 10.1. The van der Waals surface area contributed by atoms with Crippen LogP contribution in [-0.4, -0.2) is 10.1 Å². The molecule has 0 fully saturated rings. The lowest BCUT2D eigenvalue weighted by Crippen LogP contribution is -2.18. The van der Waals surface area contributed by atoms with E-state index in [0.29, 0.717) is 9.06 Å². The predicted octanol–water partition coefficient (Wildman–Crippen LogP) is 3.66. The monoisotopic (exact) mass is 342 g/mol. The number of benzene rings is 2. The van der Waals surface area contributed by atoms with Crippen LogP contribution in [0.3, 0.4) is 0 Å². The second kappa shape index (κ2) is 6.46. The summed E-state index contributed by atoms with van der Waals surface area (Å²) in [6.45, 7) is 0. The first-order valence-electron chi connectivity index (χ1n) is 5.81. The molecule has 0 bridgehead atoms. The second-order valence-electron chi connectivity index (χ2n) is 4.09. The third-order valence-electron chi connectivity index (χ3n) is 2.78. The number of hydrogen-bond acceptors (Lipinski definition) is 4. The van der Waals surface area contributed by atoms with Crippen LogP contribution in [0.2, 0.25) is 0 Å². The highest BCUT2D eigenvalue weighted by molar-refractivity contribution is 6.24. The minimum Gasteiger partial charge on any atom is -0.233 e. The molecule has 0 spiro atoms. The predicted molar refractivity (Wildman–Crippen MR) is 82.5 cm³/mol. The summed E-state index contributed by atoms with van der Waals surface area (Å²) >= 11 is 10.9. The fourth-order valence-corrected chi connectivity index (χ4v) is 1.97. The van der Waals surface area contributed by atoms with Crippen LogP contribution in [0.4, 0.5) is 11.4 Å². The Morgan fingerprint density at radius 2 is 0.955 bits per heavy atom. The first-order valence-corrected chi connectivity index (χ1v) is 6.48. The summed E-state index contributed by atoms with van der Waals surface area (Å²) in [6, 6.07) is 12.6. The van der Waals surface area contributed by atoms with Gasteiger partial charge in [-0.05, 0) is 35.4 Å². The number of nitrogens with zero attached hydrogens (tertiary/aromatic N) is 4. The maximum Gasteiger partial charge on any atom is 0.181 e. The third-order valence-corrected chi connectivity index (χ3v) is 3.42. The molecular formula is C12H8Cl2N4O4. The Morgan fingerprint density at radius 1 is 0.682 bits per heavy atom. The minimum absolute atomic E-state index is 0.215. The van der Waals surface area contributed by atoms with Gasteiger partial charge in [0, 0.05) is 9.06 Å². The van der Waals surface area contributed by atoms with Crippen LogP contribution in [0.15, 0.2) is 48.5 Å². The van der Waals surface area contributed by atoms with Gasteiger partial charge in [0.15, 0.2) is 10.1 Å². The summed E-state index contributed by atoms with van der Waals surface area (Å²) in [4.78, 5) is 21.1. The lowest BCUT2D eigenvalue weighted by atomic mass is 10.1. The van der Waals surface area contributed by atoms with Crippen LogP contribution in [-0.2, 0) is 0 Å². The van der Waals surface area contributed by atoms with Gasteiger partial charge >= 0.3 is 0 Å². The number of hydrazine groups is 2. The van der Waals surface area contributed by atoms with Gasteiger partial charge in [-0.25, -0.2) is 20.2 Å². The van der Waals surface area contributed by atoms with E-state index in [4.69, 9.17) is 23.6 Å². The highest BCUT2D eigenvalue weighted by Gasteiger charge is 2.15. The van der Waals surface area contributed by atoms with E-state index in [1.165, 1.54) is 24.3 Å². The van der Waals surface area contributed by atoms with E-state index in [-0.39, 0.29) is 11.4 Å². The molecule has 0 saturated carbocycles. The van der Waals surface area contributed by atoms with Crippen LogP contribution in [0, 0.1) is 20.2 Å². The van der Waals surface area contributed by atoms with Gasteiger partial charge in [0.2, 0.25) is 0 Å². The Kier molecular flexibility index (Phi) is 4.64. The topological polar surface area (TPSA) is 92.8 Å². The summed E-state index contributed by atoms with van der Waals surface area (Å²) in [6.07, 6.45) is 0. The van der Waals surface area contributed by atoms with Gasteiger partial charge in [-0.2, -0.15) is 0 Å². The van der Waals surface area contributed by atoms with Crippen LogP contribution >= 0.6 is 23.6 Å². The van der Waals surface area contributed by atoms with Gasteiger partial charge in [-0.3, -0.25) is 0 Å². The SMILES string of the molecule is O=[N+]([O-])N(Cl)c1ccc(-c2ccc(N(Cl)[N+](=O)[O-])cc2)cc1. The average molecular weight is 343 g/mol. The zero-order chi connectivity index (χ0) is 16.3. The minimum atomic E-state index is -0.752. The molecule has 8 nitrogen and oxygen atoms in total. The first kappa shape index (κ1) is 15.8. The maximum absolute atomic E-state index is 10.5. The van der Waals surface area contributed by atoms with Crippen LogP contribution in [0.5, 0.6) is 0 Å². The van der Waals surface area contributed by atoms with Crippen molar-refractivity contribution >= 4 is 34.9 Å². The van der Waals surface area contributed by atoms with Crippen molar-refractivity contribution in [2.24, 2.45) is 0 Å². The largest absolute Gasteiger partial charge is 0.233 e. The summed E-state index contributed by atoms with van der Waals surface area (Å²) < 4.78 is 0.769. The molecule has 0 amide bonds. The molecule has 2 rings (SSSR count). The maximum atomic E-state index is 10.5. The molecule has 0 aromatic heterocycles. The van der Waals surface area contributed by atoms with Gasteiger partial charge in [0.1, 0.15) is 11.4 Å². The number of anilines is 2. The van der Waals surface area contributed by atoms with Crippen LogP contribution < -0.4 is 9.06 Å². The van der Waals surface area contributed by atoms with Crippen molar-refractivity contribution in [1.29, 1.82) is 0 Å². The Bertz CT molecular complexity index is 632. The fourth-order valence-electron chi connectivity index (χ4n) is 1.74. The molecule has 0 heterocycles. The lowest BCUT2D eigenvalue weighted by Gasteiger charge is -2.08. The standard InChI is InChI=1S/C12H8Cl2N4O4/c13-15(17(19)20)11-5-1-9(2-6-11)10-3-7-12(8-4-10)16(14)18(21)22/h1-8H. The third kappa shape index (κ3) is 3.35. The Balaban J connectivity index is 2.22. The summed E-state index contributed by atoms with van der Waals surface area (Å²) in [5, 5.41) is 19.6. The van der Waals surface area contributed by atoms with Crippen molar-refractivity contribution < 1.29 is 10.1 Å². The zero-order valence-corrected chi connectivity index (χ0v) is 12.3. The molecule has 0 unspecified atom stereocenters. The molecule has 2 aromatic rings. The molecule has 0 atom stereocenters. The number of hydrogen-bond donors (Lipinski definition) is 0. The van der Waals surface area contributed by atoms with Crippen molar-refractivity contribution in [3.05, 3.63) is 68.8 Å². The van der Waals surface area contributed by atoms with Crippen molar-refractivity contribution in [3.8, 4) is 11.1 Å². The van der Waals surface area contributed by atoms with Crippen molar-refractivity contribution in [2.45, 2.75) is 0 Å². The molecule has 10 heteroatoms. The molecule has 0 radical (unpaired) electrons. The molecule has 0 saturated heterocycles. The molecular weight excluding hydrogens is 335 g/mol. The summed E-state index contributed by atoms with van der Waals surface area (Å²) in [5.41, 5.74) is 1.97. The van der Waals surface area contributed by atoms with E-state index >= 15 is 0 Å². The van der Waals surface area contributed by atoms with Crippen LogP contribution in [0.25, 0.3) is 11.1 Å². The fraction of sp³-hybridized carbons (Fsp3) is 0. The van der Waals surface area contributed by atoms with E-state index in [2.05, 4.69) is 0 Å². The Hall–Kier alpha value is -2.58. The highest BCUT2D eigenvalue weighted by atomic mass is 35.5. The van der Waals surface area contributed by atoms with Gasteiger partial charge in [-0.15, -0.1) is 0 Å². The van der Waals surface area contributed by atoms with Crippen molar-refractivity contribution in [3.63, 3.8) is 0 Å². The molecule has 2 aromatic carbocycles. The highest BCUT2D eigenvalue weighted by Crippen LogP contribution is 2.26. The van der Waals surface area contributed by atoms with Gasteiger partial charge in [0.25, 0.3) is 0 Å². The molecule has 22 heavy (non-hydrogen) atoms. The van der Waals surface area contributed by atoms with E-state index in [9.17, 15) is 20.2 Å². The second-order valence-corrected chi connectivity index (χ2v) is 4.73. The van der Waals surface area contributed by atoms with Gasteiger partial charge < -0.3 is 0 Å². The smallest absolute Gasteiger partial charge is 0.181 e. The molecule has 0 aliphatic heterocycles. The molecule has 0 aliphatic carbocycles. The lowest BCUT2D eigenvalue weighted by molar-refractivity contribution is -0.475. The molecule has 114 valence electrons. The van der Waals surface area contributed by atoms with Gasteiger partial charge in [-0.1, -0.05) is 24.3 Å². The number of halogens is 2. The van der Waals surface area contributed by atoms with Crippen LogP contribution in [0.1, 0.15) is 0 Å². The summed E-state index contributed by atoms with van der Waals surface area (Å²) in [7, 11) is 0. The van der Waals surface area contributed by atoms with Crippen molar-refractivity contribution in [1.82, 2.24) is 0 Å². The first-order chi connectivity index (χ1) is 10.4. The van der Waals surface area contributed by atoms with E-state index in [1.807, 2.05) is 0 Å². The van der Waals surface area contributed by atoms with E-state index < -0.39 is 10.1 Å². The average Bonchev–Trinajstić information content (AvgIpc) is 2.53. The Morgan fingerprint density at radius 3 is 1.18 bits per heavy atom. The van der Waals surface area contributed by atoms with E-state index in [1.54, 1.807) is 24.3 Å². The number of rotatable bonds is 5. The van der Waals surface area contributed by atoms with Crippen molar-refractivity contribution in [2.75, 3.05) is 9.06 Å². The summed E-state index contributed by atoms with van der Waals surface area (Å²) in [5.74, 6) is 0. The molecule has 0 aliphatic rings. The quantitative estimate of drug-likeness (QED) is 0.467. The van der Waals surface area contributed by atoms with Gasteiger partial charge in [0.05, 0.1) is 23.6 Å². The Labute approximate surface area is 134 Å². The zero-order valence-electron chi connectivity index (χ0n) is 10.8. The molecule has 0 N–H and O–H groups in total.